The molecule has 0 heterocycles. The van der Waals surface area contributed by atoms with Gasteiger partial charge in [0.2, 0.25) is 0 Å². The molecule has 0 amide bonds. The van der Waals surface area contributed by atoms with Gasteiger partial charge in [0.15, 0.2) is 0 Å². The van der Waals surface area contributed by atoms with E-state index >= 15 is 0 Å². The Morgan fingerprint density at radius 1 is 1.05 bits per heavy atom. The van der Waals surface area contributed by atoms with E-state index in [2.05, 4.69) is 5.32 Å². The third kappa shape index (κ3) is 3.13. The van der Waals surface area contributed by atoms with E-state index in [1.165, 1.54) is 31.4 Å². The molecule has 0 bridgehead atoms. The van der Waals surface area contributed by atoms with Gasteiger partial charge in [0, 0.05) is 12.1 Å². The van der Waals surface area contributed by atoms with Gasteiger partial charge in [-0.25, -0.2) is 4.39 Å². The Hall–Kier alpha value is -1.13. The van der Waals surface area contributed by atoms with Crippen LogP contribution in [0.1, 0.15) is 38.5 Å². The first kappa shape index (κ1) is 13.8. The molecule has 1 aromatic carbocycles. The summed E-state index contributed by atoms with van der Waals surface area (Å²) < 4.78 is 18.7. The van der Waals surface area contributed by atoms with E-state index in [0.717, 1.165) is 19.3 Å². The number of aliphatic hydroxyl groups is 1. The molecule has 3 nitrogen and oxygen atoms in total. The zero-order valence-electron chi connectivity index (χ0n) is 11.6. The monoisotopic (exact) mass is 279 g/mol. The van der Waals surface area contributed by atoms with E-state index in [0.29, 0.717) is 11.8 Å². The standard InChI is InChI=1S/C16H22FNO2/c17-11-7-9-13(10-8-11)20-15-6-2-5-14(16(15)19)18-12-3-1-4-12/h7-10,12,14-16,18-19H,1-6H2/t14-,15+,16+/m0/s1. The summed E-state index contributed by atoms with van der Waals surface area (Å²) in [5, 5.41) is 14.0. The van der Waals surface area contributed by atoms with Gasteiger partial charge in [-0.05, 0) is 56.4 Å². The van der Waals surface area contributed by atoms with Crippen molar-refractivity contribution < 1.29 is 14.2 Å². The van der Waals surface area contributed by atoms with Crippen molar-refractivity contribution in [3.05, 3.63) is 30.1 Å². The molecule has 0 spiro atoms. The summed E-state index contributed by atoms with van der Waals surface area (Å²) in [4.78, 5) is 0. The molecule has 110 valence electrons. The van der Waals surface area contributed by atoms with Gasteiger partial charge in [-0.15, -0.1) is 0 Å². The van der Waals surface area contributed by atoms with E-state index in [1.54, 1.807) is 12.1 Å². The molecule has 2 fully saturated rings. The molecule has 20 heavy (non-hydrogen) atoms. The number of ether oxygens (including phenoxy) is 1. The second-order valence-corrected chi connectivity index (χ2v) is 5.93. The van der Waals surface area contributed by atoms with Gasteiger partial charge < -0.3 is 15.2 Å². The molecule has 2 aliphatic carbocycles. The maximum atomic E-state index is 12.9. The average Bonchev–Trinajstić information content (AvgIpc) is 2.40. The zero-order valence-corrected chi connectivity index (χ0v) is 11.6. The second-order valence-electron chi connectivity index (χ2n) is 5.93. The summed E-state index contributed by atoms with van der Waals surface area (Å²) in [7, 11) is 0. The molecule has 0 aliphatic heterocycles. The van der Waals surface area contributed by atoms with Crippen LogP contribution in [0.5, 0.6) is 5.75 Å². The molecule has 1 aromatic rings. The van der Waals surface area contributed by atoms with Crippen molar-refractivity contribution in [2.45, 2.75) is 62.8 Å². The quantitative estimate of drug-likeness (QED) is 0.890. The Kier molecular flexibility index (Phi) is 4.22. The van der Waals surface area contributed by atoms with E-state index in [1.807, 2.05) is 0 Å². The van der Waals surface area contributed by atoms with E-state index < -0.39 is 6.10 Å². The van der Waals surface area contributed by atoms with Crippen LogP contribution in [-0.4, -0.2) is 29.4 Å². The molecular weight excluding hydrogens is 257 g/mol. The highest BCUT2D eigenvalue weighted by Gasteiger charge is 2.35. The first-order valence-electron chi connectivity index (χ1n) is 7.59. The summed E-state index contributed by atoms with van der Waals surface area (Å²) in [6.45, 7) is 0. The third-order valence-corrected chi connectivity index (χ3v) is 4.45. The molecule has 2 N–H and O–H groups in total. The SMILES string of the molecule is O[C@@H]1[C@@H](NC2CCC2)CCC[C@H]1Oc1ccc(F)cc1. The molecule has 4 heteroatoms. The molecule has 0 radical (unpaired) electrons. The number of nitrogens with one attached hydrogen (secondary N) is 1. The van der Waals surface area contributed by atoms with Crippen LogP contribution in [0.4, 0.5) is 4.39 Å². The lowest BCUT2D eigenvalue weighted by Crippen LogP contribution is -2.55. The lowest BCUT2D eigenvalue weighted by molar-refractivity contribution is -0.0206. The van der Waals surface area contributed by atoms with Crippen LogP contribution >= 0.6 is 0 Å². The average molecular weight is 279 g/mol. The van der Waals surface area contributed by atoms with Crippen LogP contribution in [0.3, 0.4) is 0 Å². The van der Waals surface area contributed by atoms with Gasteiger partial charge in [0.25, 0.3) is 0 Å². The summed E-state index contributed by atoms with van der Waals surface area (Å²) >= 11 is 0. The summed E-state index contributed by atoms with van der Waals surface area (Å²) in [6.07, 6.45) is 5.92. The number of aliphatic hydroxyl groups excluding tert-OH is 1. The van der Waals surface area contributed by atoms with Crippen LogP contribution in [0.15, 0.2) is 24.3 Å². The number of halogens is 1. The van der Waals surface area contributed by atoms with E-state index in [-0.39, 0.29) is 18.0 Å². The zero-order chi connectivity index (χ0) is 13.9. The van der Waals surface area contributed by atoms with Crippen molar-refractivity contribution in [1.29, 1.82) is 0 Å². The minimum Gasteiger partial charge on any atom is -0.488 e. The van der Waals surface area contributed by atoms with Crippen LogP contribution in [0, 0.1) is 5.82 Å². The first-order chi connectivity index (χ1) is 9.72. The number of rotatable bonds is 4. The number of hydrogen-bond donors (Lipinski definition) is 2. The molecule has 3 rings (SSSR count). The highest BCUT2D eigenvalue weighted by atomic mass is 19.1. The third-order valence-electron chi connectivity index (χ3n) is 4.45. The molecule has 2 aliphatic rings. The fraction of sp³-hybridized carbons (Fsp3) is 0.625. The van der Waals surface area contributed by atoms with E-state index in [4.69, 9.17) is 4.74 Å². The summed E-state index contributed by atoms with van der Waals surface area (Å²) in [5.74, 6) is 0.353. The Balaban J connectivity index is 1.58. The topological polar surface area (TPSA) is 41.5 Å². The molecular formula is C16H22FNO2. The minimum atomic E-state index is -0.491. The highest BCUT2D eigenvalue weighted by Crippen LogP contribution is 2.27. The lowest BCUT2D eigenvalue weighted by Gasteiger charge is -2.39. The van der Waals surface area contributed by atoms with Crippen LogP contribution in [0.2, 0.25) is 0 Å². The van der Waals surface area contributed by atoms with Gasteiger partial charge in [-0.1, -0.05) is 6.42 Å². The van der Waals surface area contributed by atoms with Crippen molar-refractivity contribution in [2.24, 2.45) is 0 Å². The highest BCUT2D eigenvalue weighted by molar-refractivity contribution is 5.22. The molecule has 0 aromatic heterocycles. The second kappa shape index (κ2) is 6.10. The molecule has 3 atom stereocenters. The summed E-state index contributed by atoms with van der Waals surface area (Å²) in [5.41, 5.74) is 0. The smallest absolute Gasteiger partial charge is 0.126 e. The Morgan fingerprint density at radius 2 is 1.75 bits per heavy atom. The van der Waals surface area contributed by atoms with Crippen LogP contribution in [-0.2, 0) is 0 Å². The van der Waals surface area contributed by atoms with Crippen molar-refractivity contribution in [1.82, 2.24) is 5.32 Å². The number of benzene rings is 1. The van der Waals surface area contributed by atoms with Gasteiger partial charge in [0.1, 0.15) is 23.8 Å². The van der Waals surface area contributed by atoms with Gasteiger partial charge >= 0.3 is 0 Å². The molecule has 0 saturated heterocycles. The van der Waals surface area contributed by atoms with Gasteiger partial charge in [0.05, 0.1) is 0 Å². The van der Waals surface area contributed by atoms with Crippen molar-refractivity contribution in [3.63, 3.8) is 0 Å². The normalized spacial score (nSPS) is 30.8. The van der Waals surface area contributed by atoms with Crippen molar-refractivity contribution >= 4 is 0 Å². The van der Waals surface area contributed by atoms with Gasteiger partial charge in [-0.2, -0.15) is 0 Å². The minimum absolute atomic E-state index is 0.125. The Bertz CT molecular complexity index is 433. The maximum Gasteiger partial charge on any atom is 0.126 e. The van der Waals surface area contributed by atoms with Crippen LogP contribution < -0.4 is 10.1 Å². The maximum absolute atomic E-state index is 12.9. The van der Waals surface area contributed by atoms with Crippen molar-refractivity contribution in [3.8, 4) is 5.75 Å². The number of hydrogen-bond acceptors (Lipinski definition) is 3. The van der Waals surface area contributed by atoms with Crippen LogP contribution in [0.25, 0.3) is 0 Å². The fourth-order valence-electron chi connectivity index (χ4n) is 3.02. The predicted molar refractivity (Wildman–Crippen MR) is 75.2 cm³/mol. The lowest BCUT2D eigenvalue weighted by atomic mass is 9.86. The molecule has 0 unspecified atom stereocenters. The van der Waals surface area contributed by atoms with E-state index in [9.17, 15) is 9.50 Å². The molecule has 2 saturated carbocycles. The predicted octanol–water partition coefficient (Wildman–Crippen LogP) is 2.63. The largest absolute Gasteiger partial charge is 0.488 e. The Labute approximate surface area is 119 Å². The fourth-order valence-corrected chi connectivity index (χ4v) is 3.02. The summed E-state index contributed by atoms with van der Waals surface area (Å²) in [6, 6.07) is 6.69. The van der Waals surface area contributed by atoms with Gasteiger partial charge in [-0.3, -0.25) is 0 Å². The first-order valence-corrected chi connectivity index (χ1v) is 7.59. The Morgan fingerprint density at radius 3 is 2.40 bits per heavy atom. The van der Waals surface area contributed by atoms with Crippen molar-refractivity contribution in [2.75, 3.05) is 0 Å².